The molecule has 0 fully saturated rings. The van der Waals surface area contributed by atoms with Gasteiger partial charge in [0.2, 0.25) is 5.91 Å². The molecule has 13 heavy (non-hydrogen) atoms. The van der Waals surface area contributed by atoms with Crippen LogP contribution in [-0.4, -0.2) is 37.3 Å². The Labute approximate surface area is 85.5 Å². The molecule has 2 N–H and O–H groups in total. The van der Waals surface area contributed by atoms with E-state index >= 15 is 0 Å². The Kier molecular flexibility index (Phi) is 11.0. The number of nitrogens with two attached hydrogens (primary N) is 1. The summed E-state index contributed by atoms with van der Waals surface area (Å²) in [5.41, 5.74) is 5.09. The zero-order valence-electron chi connectivity index (χ0n) is 8.64. The number of halogens is 1. The molecule has 0 unspecified atom stereocenters. The van der Waals surface area contributed by atoms with Crippen LogP contribution < -0.4 is 5.73 Å². The minimum Gasteiger partial charge on any atom is -0.366 e. The van der Waals surface area contributed by atoms with Crippen molar-refractivity contribution in [3.63, 3.8) is 0 Å². The van der Waals surface area contributed by atoms with E-state index in [-0.39, 0.29) is 0 Å². The van der Waals surface area contributed by atoms with Gasteiger partial charge in [0, 0.05) is 11.5 Å². The first-order chi connectivity index (χ1) is 5.91. The Morgan fingerprint density at radius 2 is 1.92 bits per heavy atom. The largest absolute Gasteiger partial charge is 0.366 e. The van der Waals surface area contributed by atoms with Crippen LogP contribution in [0.4, 0.5) is 0 Å². The van der Waals surface area contributed by atoms with E-state index in [1.807, 2.05) is 14.1 Å². The second-order valence-corrected chi connectivity index (χ2v) is 3.37. The Bertz CT molecular complexity index is 146. The molecule has 0 bridgehead atoms. The first kappa shape index (κ1) is 15.0. The monoisotopic (exact) mass is 206 g/mol. The Hall–Kier alpha value is -0.540. The van der Waals surface area contributed by atoms with Gasteiger partial charge in [-0.1, -0.05) is 6.58 Å². The Balaban J connectivity index is 0. The fourth-order valence-electron chi connectivity index (χ4n) is 0.376. The lowest BCUT2D eigenvalue weighted by Crippen LogP contribution is -2.12. The van der Waals surface area contributed by atoms with Crippen LogP contribution in [0.3, 0.4) is 0 Å². The summed E-state index contributed by atoms with van der Waals surface area (Å²) in [5, 5.41) is 0. The molecule has 0 aliphatic carbocycles. The summed E-state index contributed by atoms with van der Waals surface area (Å²) in [6.45, 7) is 5.95. The minimum atomic E-state index is -0.435. The zero-order valence-corrected chi connectivity index (χ0v) is 9.40. The van der Waals surface area contributed by atoms with Crippen molar-refractivity contribution in [3.8, 4) is 0 Å². The maximum atomic E-state index is 9.82. The minimum absolute atomic E-state index is 0.398. The van der Waals surface area contributed by atoms with Crippen molar-refractivity contribution in [3.05, 3.63) is 12.2 Å². The number of hydrogen-bond donors (Lipinski definition) is 1. The molecule has 0 saturated carbocycles. The fourth-order valence-corrected chi connectivity index (χ4v) is 0.496. The number of rotatable bonds is 4. The van der Waals surface area contributed by atoms with Gasteiger partial charge in [0.25, 0.3) is 0 Å². The molecule has 0 radical (unpaired) electrons. The van der Waals surface area contributed by atoms with Crippen molar-refractivity contribution in [2.45, 2.75) is 13.3 Å². The quantitative estimate of drug-likeness (QED) is 0.556. The molecule has 78 valence electrons. The summed E-state index contributed by atoms with van der Waals surface area (Å²) in [5.74, 6) is 0.341. The topological polar surface area (TPSA) is 46.3 Å². The van der Waals surface area contributed by atoms with Crippen LogP contribution in [0.5, 0.6) is 0 Å². The molecule has 3 nitrogen and oxygen atoms in total. The second kappa shape index (κ2) is 9.55. The van der Waals surface area contributed by atoms with E-state index in [1.54, 1.807) is 6.92 Å². The van der Waals surface area contributed by atoms with E-state index in [0.717, 1.165) is 18.8 Å². The molecule has 0 rings (SSSR count). The maximum absolute atomic E-state index is 9.82. The summed E-state index contributed by atoms with van der Waals surface area (Å²) in [7, 11) is 4.10. The maximum Gasteiger partial charge on any atom is 0.243 e. The highest BCUT2D eigenvalue weighted by atomic mass is 35.5. The van der Waals surface area contributed by atoms with E-state index < -0.39 is 5.91 Å². The summed E-state index contributed by atoms with van der Waals surface area (Å²) >= 11 is 5.42. The van der Waals surface area contributed by atoms with Gasteiger partial charge >= 0.3 is 0 Å². The van der Waals surface area contributed by atoms with Crippen molar-refractivity contribution in [2.75, 3.05) is 26.5 Å². The average Bonchev–Trinajstić information content (AvgIpc) is 2.01. The number of carbonyl (C=O) groups excluding carboxylic acids is 1. The molecule has 0 aliphatic rings. The highest BCUT2D eigenvalue weighted by Crippen LogP contribution is 1.84. The normalized spacial score (nSPS) is 9.00. The predicted molar refractivity (Wildman–Crippen MR) is 57.9 cm³/mol. The van der Waals surface area contributed by atoms with Crippen LogP contribution in [0.1, 0.15) is 13.3 Å². The van der Waals surface area contributed by atoms with Gasteiger partial charge < -0.3 is 10.6 Å². The molecule has 0 aromatic heterocycles. The molecule has 4 heteroatoms. The van der Waals surface area contributed by atoms with Gasteiger partial charge in [0.1, 0.15) is 0 Å². The van der Waals surface area contributed by atoms with E-state index in [1.165, 1.54) is 0 Å². The number of primary amides is 1. The third-order valence-electron chi connectivity index (χ3n) is 1.16. The van der Waals surface area contributed by atoms with Crippen molar-refractivity contribution in [2.24, 2.45) is 5.73 Å². The number of hydrogen-bond acceptors (Lipinski definition) is 2. The van der Waals surface area contributed by atoms with Crippen LogP contribution in [0.2, 0.25) is 0 Å². The molecular weight excluding hydrogens is 188 g/mol. The molecular formula is C9H19ClN2O. The van der Waals surface area contributed by atoms with Crippen LogP contribution in [-0.2, 0) is 4.79 Å². The first-order valence-corrected chi connectivity index (χ1v) is 4.61. The molecule has 0 atom stereocenters. The van der Waals surface area contributed by atoms with Crippen molar-refractivity contribution in [1.82, 2.24) is 4.90 Å². The summed E-state index contributed by atoms with van der Waals surface area (Å²) in [6.07, 6.45) is 1.09. The fraction of sp³-hybridized carbons (Fsp3) is 0.667. The van der Waals surface area contributed by atoms with Gasteiger partial charge in [-0.15, -0.1) is 11.6 Å². The van der Waals surface area contributed by atoms with Crippen LogP contribution >= 0.6 is 11.6 Å². The van der Waals surface area contributed by atoms with Gasteiger partial charge in [-0.05, 0) is 34.0 Å². The number of nitrogens with zero attached hydrogens (tertiary/aromatic N) is 1. The van der Waals surface area contributed by atoms with E-state index in [4.69, 9.17) is 17.3 Å². The van der Waals surface area contributed by atoms with Gasteiger partial charge in [0.05, 0.1) is 0 Å². The SMILES string of the molecule is C=C(C)C(N)=O.CN(C)CCCCl. The number of carbonyl (C=O) groups is 1. The predicted octanol–water partition coefficient (Wildman–Crippen LogP) is 1.22. The standard InChI is InChI=1S/C5H12ClN.C4H7NO/c1-7(2)5-3-4-6;1-3(2)4(5)6/h3-5H2,1-2H3;1H2,2H3,(H2,5,6). The van der Waals surface area contributed by atoms with Crippen molar-refractivity contribution in [1.29, 1.82) is 0 Å². The third-order valence-corrected chi connectivity index (χ3v) is 1.43. The molecule has 0 saturated heterocycles. The third kappa shape index (κ3) is 18.4. The van der Waals surface area contributed by atoms with Gasteiger partial charge in [-0.2, -0.15) is 0 Å². The second-order valence-electron chi connectivity index (χ2n) is 2.99. The Morgan fingerprint density at radius 1 is 1.54 bits per heavy atom. The smallest absolute Gasteiger partial charge is 0.243 e. The van der Waals surface area contributed by atoms with Crippen molar-refractivity contribution >= 4 is 17.5 Å². The van der Waals surface area contributed by atoms with Gasteiger partial charge in [-0.25, -0.2) is 0 Å². The average molecular weight is 207 g/mol. The van der Waals surface area contributed by atoms with E-state index in [0.29, 0.717) is 5.57 Å². The highest BCUT2D eigenvalue weighted by Gasteiger charge is 1.86. The summed E-state index contributed by atoms with van der Waals surface area (Å²) in [4.78, 5) is 11.9. The molecule has 0 aliphatic heterocycles. The molecule has 0 aromatic rings. The molecule has 0 spiro atoms. The van der Waals surface area contributed by atoms with Gasteiger partial charge in [0.15, 0.2) is 0 Å². The van der Waals surface area contributed by atoms with Crippen molar-refractivity contribution < 1.29 is 4.79 Å². The number of alkyl halides is 1. The van der Waals surface area contributed by atoms with Crippen LogP contribution in [0.15, 0.2) is 12.2 Å². The van der Waals surface area contributed by atoms with Crippen LogP contribution in [0.25, 0.3) is 0 Å². The van der Waals surface area contributed by atoms with Crippen LogP contribution in [0, 0.1) is 0 Å². The molecule has 1 amide bonds. The summed E-state index contributed by atoms with van der Waals surface area (Å²) < 4.78 is 0. The van der Waals surface area contributed by atoms with E-state index in [2.05, 4.69) is 11.5 Å². The van der Waals surface area contributed by atoms with E-state index in [9.17, 15) is 4.79 Å². The lowest BCUT2D eigenvalue weighted by molar-refractivity contribution is -0.114. The lowest BCUT2D eigenvalue weighted by atomic mass is 10.3. The highest BCUT2D eigenvalue weighted by molar-refractivity contribution is 6.17. The van der Waals surface area contributed by atoms with Gasteiger partial charge in [-0.3, -0.25) is 4.79 Å². The lowest BCUT2D eigenvalue weighted by Gasteiger charge is -2.05. The number of amides is 1. The molecule has 0 aromatic carbocycles. The molecule has 0 heterocycles. The first-order valence-electron chi connectivity index (χ1n) is 4.07. The summed E-state index contributed by atoms with van der Waals surface area (Å²) in [6, 6.07) is 0. The Morgan fingerprint density at radius 3 is 2.00 bits per heavy atom. The zero-order chi connectivity index (χ0) is 10.9.